The van der Waals surface area contributed by atoms with Crippen molar-refractivity contribution in [3.8, 4) is 11.5 Å². The van der Waals surface area contributed by atoms with Gasteiger partial charge >= 0.3 is 0 Å². The highest BCUT2D eigenvalue weighted by Crippen LogP contribution is 2.36. The summed E-state index contributed by atoms with van der Waals surface area (Å²) in [5.74, 6) is 2.17. The highest BCUT2D eigenvalue weighted by Gasteiger charge is 2.29. The van der Waals surface area contributed by atoms with Crippen LogP contribution in [0.25, 0.3) is 33.6 Å². The molecule has 1 aliphatic carbocycles. The van der Waals surface area contributed by atoms with Crippen molar-refractivity contribution in [1.82, 2.24) is 24.0 Å². The number of fused-ring (bicyclic) bond motifs is 2. The maximum Gasteiger partial charge on any atom is 0.253 e. The van der Waals surface area contributed by atoms with Crippen molar-refractivity contribution in [1.29, 1.82) is 0 Å². The molecule has 204 valence electrons. The number of hydrogen-bond acceptors (Lipinski definition) is 4. The first-order valence-electron chi connectivity index (χ1n) is 14.4. The molecule has 2 aliphatic rings. The van der Waals surface area contributed by atoms with Gasteiger partial charge in [0.25, 0.3) is 5.91 Å². The Kier molecular flexibility index (Phi) is 6.56. The van der Waals surface area contributed by atoms with Crippen LogP contribution in [-0.2, 0) is 18.4 Å². The number of aryl methyl sites for hydroxylation is 1. The number of rotatable bonds is 7. The fraction of sp³-hybridized carbons (Fsp3) is 0.500. The van der Waals surface area contributed by atoms with Gasteiger partial charge in [-0.3, -0.25) is 9.59 Å². The minimum Gasteiger partial charge on any atom is -0.338 e. The van der Waals surface area contributed by atoms with Crippen LogP contribution in [0.15, 0.2) is 42.6 Å². The number of carbonyl (C=O) groups is 2. The normalized spacial score (nSPS) is 18.3. The van der Waals surface area contributed by atoms with E-state index < -0.39 is 0 Å². The molecule has 0 bridgehead atoms. The predicted octanol–water partition coefficient (Wildman–Crippen LogP) is 6.25. The van der Waals surface area contributed by atoms with Gasteiger partial charge in [0.1, 0.15) is 11.4 Å². The molecule has 1 saturated heterocycles. The SMILES string of the molecule is Cn1c(-c2cc3cccnc3n2CC2CC2)nc2cc(C(=O)N3CCC[C@@H](CC(=O)CC(C)(C)C)C3)ccc21. The second-order valence-corrected chi connectivity index (χ2v) is 12.9. The lowest BCUT2D eigenvalue weighted by Gasteiger charge is -2.33. The van der Waals surface area contributed by atoms with E-state index in [1.807, 2.05) is 42.4 Å². The van der Waals surface area contributed by atoms with Gasteiger partial charge in [0.2, 0.25) is 0 Å². The minimum atomic E-state index is 0.000971. The van der Waals surface area contributed by atoms with E-state index in [4.69, 9.17) is 4.98 Å². The van der Waals surface area contributed by atoms with Gasteiger partial charge in [-0.15, -0.1) is 0 Å². The zero-order chi connectivity index (χ0) is 27.3. The van der Waals surface area contributed by atoms with E-state index in [0.717, 1.165) is 59.5 Å². The average Bonchev–Trinajstić information content (AvgIpc) is 3.56. The molecular weight excluding hydrogens is 486 g/mol. The Morgan fingerprint density at radius 1 is 1.05 bits per heavy atom. The zero-order valence-electron chi connectivity index (χ0n) is 23.6. The summed E-state index contributed by atoms with van der Waals surface area (Å²) in [6.45, 7) is 8.65. The summed E-state index contributed by atoms with van der Waals surface area (Å²) >= 11 is 0. The number of Topliss-reactive ketones (excluding diaryl/α,β-unsaturated/α-hetero) is 1. The van der Waals surface area contributed by atoms with Gasteiger partial charge < -0.3 is 14.0 Å². The van der Waals surface area contributed by atoms with E-state index >= 15 is 0 Å². The van der Waals surface area contributed by atoms with Crippen LogP contribution in [0.1, 0.15) is 69.7 Å². The van der Waals surface area contributed by atoms with E-state index in [1.54, 1.807) is 0 Å². The predicted molar refractivity (Wildman–Crippen MR) is 154 cm³/mol. The first-order valence-corrected chi connectivity index (χ1v) is 14.4. The van der Waals surface area contributed by atoms with Gasteiger partial charge in [-0.05, 0) is 79.3 Å². The van der Waals surface area contributed by atoms with Crippen LogP contribution in [0.5, 0.6) is 0 Å². The number of carbonyl (C=O) groups excluding carboxylic acids is 2. The molecule has 0 spiro atoms. The molecule has 7 nitrogen and oxygen atoms in total. The molecule has 0 unspecified atom stereocenters. The number of likely N-dealkylation sites (tertiary alicyclic amines) is 1. The molecule has 2 fully saturated rings. The van der Waals surface area contributed by atoms with Gasteiger partial charge in [-0.2, -0.15) is 0 Å². The average molecular weight is 526 g/mol. The third kappa shape index (κ3) is 5.36. The van der Waals surface area contributed by atoms with Crippen molar-refractivity contribution in [2.75, 3.05) is 13.1 Å². The van der Waals surface area contributed by atoms with Gasteiger partial charge in [-0.25, -0.2) is 9.97 Å². The summed E-state index contributed by atoms with van der Waals surface area (Å²) in [6, 6.07) is 12.1. The molecule has 1 saturated carbocycles. The molecule has 3 aromatic heterocycles. The van der Waals surface area contributed by atoms with Crippen molar-refractivity contribution in [3.05, 3.63) is 48.2 Å². The van der Waals surface area contributed by atoms with E-state index in [2.05, 4.69) is 47.0 Å². The second kappa shape index (κ2) is 9.92. The van der Waals surface area contributed by atoms with Crippen LogP contribution >= 0.6 is 0 Å². The first-order chi connectivity index (χ1) is 18.7. The quantitative estimate of drug-likeness (QED) is 0.286. The highest BCUT2D eigenvalue weighted by atomic mass is 16.2. The molecule has 6 rings (SSSR count). The van der Waals surface area contributed by atoms with Gasteiger partial charge in [0.05, 0.1) is 16.7 Å². The number of hydrogen-bond donors (Lipinski definition) is 0. The number of amides is 1. The van der Waals surface area contributed by atoms with Crippen LogP contribution in [0.3, 0.4) is 0 Å². The molecule has 7 heteroatoms. The number of nitrogens with zero attached hydrogens (tertiary/aromatic N) is 5. The smallest absolute Gasteiger partial charge is 0.253 e. The van der Waals surface area contributed by atoms with Gasteiger partial charge in [0.15, 0.2) is 5.82 Å². The molecule has 4 aromatic rings. The standard InChI is InChI=1S/C32H39N5O2/c1-32(2,3)18-25(38)15-22-7-6-14-36(19-22)31(39)24-11-12-27-26(16-24)34-30(35(27)4)28-17-23-8-5-13-33-29(23)37(28)20-21-9-10-21/h5,8,11-13,16-17,21-22H,6-7,9-10,14-15,18-20H2,1-4H3/t22-/m0/s1. The Labute approximate surface area is 230 Å². The Balaban J connectivity index is 1.25. The molecular formula is C32H39N5O2. The topological polar surface area (TPSA) is 73.0 Å². The van der Waals surface area contributed by atoms with E-state index in [0.29, 0.717) is 36.7 Å². The fourth-order valence-corrected chi connectivity index (χ4v) is 6.16. The minimum absolute atomic E-state index is 0.000971. The maximum atomic E-state index is 13.6. The second-order valence-electron chi connectivity index (χ2n) is 12.9. The third-order valence-corrected chi connectivity index (χ3v) is 8.20. The molecule has 1 amide bonds. The number of ketones is 1. The summed E-state index contributed by atoms with van der Waals surface area (Å²) < 4.78 is 4.44. The first kappa shape index (κ1) is 25.8. The molecule has 4 heterocycles. The van der Waals surface area contributed by atoms with Crippen LogP contribution in [0.4, 0.5) is 0 Å². The van der Waals surface area contributed by atoms with Crippen molar-refractivity contribution >= 4 is 33.8 Å². The number of pyridine rings is 1. The Hall–Kier alpha value is -3.48. The van der Waals surface area contributed by atoms with Gasteiger partial charge in [0, 0.05) is 56.7 Å². The summed E-state index contributed by atoms with van der Waals surface area (Å²) in [5, 5.41) is 1.12. The molecule has 0 radical (unpaired) electrons. The molecule has 39 heavy (non-hydrogen) atoms. The summed E-state index contributed by atoms with van der Waals surface area (Å²) in [5.41, 5.74) is 4.56. The lowest BCUT2D eigenvalue weighted by atomic mass is 9.85. The van der Waals surface area contributed by atoms with Crippen LogP contribution in [-0.4, -0.2) is 48.8 Å². The summed E-state index contributed by atoms with van der Waals surface area (Å²) in [4.78, 5) is 37.8. The molecule has 1 atom stereocenters. The molecule has 1 aromatic carbocycles. The Bertz CT molecular complexity index is 1550. The number of aromatic nitrogens is 4. The van der Waals surface area contributed by atoms with E-state index in [9.17, 15) is 9.59 Å². The largest absolute Gasteiger partial charge is 0.338 e. The molecule has 0 N–H and O–H groups in total. The van der Waals surface area contributed by atoms with Crippen molar-refractivity contribution in [2.45, 2.75) is 65.8 Å². The summed E-state index contributed by atoms with van der Waals surface area (Å²) in [7, 11) is 2.04. The molecule has 1 aliphatic heterocycles. The highest BCUT2D eigenvalue weighted by molar-refractivity contribution is 5.98. The number of imidazole rings is 1. The van der Waals surface area contributed by atoms with Crippen molar-refractivity contribution in [2.24, 2.45) is 24.3 Å². The van der Waals surface area contributed by atoms with Crippen molar-refractivity contribution in [3.63, 3.8) is 0 Å². The Morgan fingerprint density at radius 2 is 1.87 bits per heavy atom. The Morgan fingerprint density at radius 3 is 2.64 bits per heavy atom. The third-order valence-electron chi connectivity index (χ3n) is 8.20. The maximum absolute atomic E-state index is 13.6. The lowest BCUT2D eigenvalue weighted by molar-refractivity contribution is -0.122. The fourth-order valence-electron chi connectivity index (χ4n) is 6.16. The van der Waals surface area contributed by atoms with Crippen molar-refractivity contribution < 1.29 is 9.59 Å². The number of benzene rings is 1. The van der Waals surface area contributed by atoms with Gasteiger partial charge in [-0.1, -0.05) is 20.8 Å². The monoisotopic (exact) mass is 525 g/mol. The van der Waals surface area contributed by atoms with Crippen LogP contribution in [0.2, 0.25) is 0 Å². The summed E-state index contributed by atoms with van der Waals surface area (Å²) in [6.07, 6.45) is 7.48. The van der Waals surface area contributed by atoms with E-state index in [1.165, 1.54) is 12.8 Å². The zero-order valence-corrected chi connectivity index (χ0v) is 23.6. The lowest BCUT2D eigenvalue weighted by Crippen LogP contribution is -2.40. The van der Waals surface area contributed by atoms with E-state index in [-0.39, 0.29) is 17.2 Å². The van der Waals surface area contributed by atoms with Crippen LogP contribution < -0.4 is 0 Å². The number of piperidine rings is 1. The van der Waals surface area contributed by atoms with Crippen LogP contribution in [0, 0.1) is 17.3 Å².